The molecule has 0 aromatic heterocycles. The summed E-state index contributed by atoms with van der Waals surface area (Å²) in [5, 5.41) is 8.73. The van der Waals surface area contributed by atoms with Crippen LogP contribution in [0.1, 0.15) is 6.42 Å². The third kappa shape index (κ3) is 0.824. The Morgan fingerprint density at radius 2 is 2.64 bits per heavy atom. The number of carboxylic acid groups (broad SMARTS) is 1. The van der Waals surface area contributed by atoms with Gasteiger partial charge in [-0.15, -0.1) is 0 Å². The molecule has 0 radical (unpaired) electrons. The molecule has 58 valence electrons. The van der Waals surface area contributed by atoms with E-state index in [4.69, 9.17) is 5.11 Å². The molecule has 2 aliphatic heterocycles. The van der Waals surface area contributed by atoms with Crippen molar-refractivity contribution >= 4 is 12.2 Å². The lowest BCUT2D eigenvalue weighted by Gasteiger charge is -2.18. The molecular weight excluding hydrogens is 144 g/mol. The lowest BCUT2D eigenvalue weighted by molar-refractivity contribution is -0.141. The molecule has 4 nitrogen and oxygen atoms in total. The van der Waals surface area contributed by atoms with E-state index in [2.05, 4.69) is 4.99 Å². The third-order valence-corrected chi connectivity index (χ3v) is 2.00. The molecule has 0 bridgehead atoms. The van der Waals surface area contributed by atoms with Crippen LogP contribution in [-0.2, 0) is 4.79 Å². The minimum absolute atomic E-state index is 0.382. The van der Waals surface area contributed by atoms with Gasteiger partial charge in [-0.1, -0.05) is 6.08 Å². The van der Waals surface area contributed by atoms with Crippen molar-refractivity contribution in [3.05, 3.63) is 11.8 Å². The van der Waals surface area contributed by atoms with Crippen molar-refractivity contribution in [3.8, 4) is 0 Å². The van der Waals surface area contributed by atoms with Crippen LogP contribution in [0.4, 0.5) is 0 Å². The molecule has 11 heavy (non-hydrogen) atoms. The molecule has 4 heteroatoms. The molecule has 0 spiro atoms. The average molecular weight is 152 g/mol. The van der Waals surface area contributed by atoms with E-state index in [0.29, 0.717) is 13.1 Å². The number of hydrogen-bond acceptors (Lipinski definition) is 3. The van der Waals surface area contributed by atoms with Crippen molar-refractivity contribution in [1.82, 2.24) is 4.90 Å². The third-order valence-electron chi connectivity index (χ3n) is 2.00. The molecule has 0 saturated heterocycles. The minimum atomic E-state index is -0.762. The molecule has 0 aliphatic carbocycles. The summed E-state index contributed by atoms with van der Waals surface area (Å²) in [6, 6.07) is -0.382. The Bertz CT molecular complexity index is 257. The number of aliphatic imine (C=N–C) groups is 1. The molecule has 2 aliphatic rings. The van der Waals surface area contributed by atoms with E-state index in [0.717, 1.165) is 5.70 Å². The van der Waals surface area contributed by atoms with Crippen molar-refractivity contribution in [2.75, 3.05) is 6.67 Å². The van der Waals surface area contributed by atoms with Crippen LogP contribution in [-0.4, -0.2) is 34.9 Å². The Morgan fingerprint density at radius 3 is 3.36 bits per heavy atom. The summed E-state index contributed by atoms with van der Waals surface area (Å²) in [7, 11) is 0. The fourth-order valence-electron chi connectivity index (χ4n) is 1.42. The highest BCUT2D eigenvalue weighted by atomic mass is 16.4. The van der Waals surface area contributed by atoms with E-state index in [-0.39, 0.29) is 6.04 Å². The zero-order valence-electron chi connectivity index (χ0n) is 5.90. The molecule has 1 N–H and O–H groups in total. The molecule has 0 amide bonds. The molecule has 0 aromatic rings. The summed E-state index contributed by atoms with van der Waals surface area (Å²) < 4.78 is 0. The first-order chi connectivity index (χ1) is 5.29. The number of fused-ring (bicyclic) bond motifs is 1. The van der Waals surface area contributed by atoms with Crippen LogP contribution in [0.3, 0.4) is 0 Å². The Balaban J connectivity index is 2.19. The number of rotatable bonds is 1. The Kier molecular flexibility index (Phi) is 1.21. The smallest absolute Gasteiger partial charge is 0.326 e. The topological polar surface area (TPSA) is 52.9 Å². The lowest BCUT2D eigenvalue weighted by atomic mass is 10.2. The van der Waals surface area contributed by atoms with Crippen molar-refractivity contribution in [2.24, 2.45) is 4.99 Å². The number of nitrogens with zero attached hydrogens (tertiary/aromatic N) is 2. The van der Waals surface area contributed by atoms with Crippen LogP contribution in [0.2, 0.25) is 0 Å². The van der Waals surface area contributed by atoms with Gasteiger partial charge in [-0.25, -0.2) is 4.79 Å². The van der Waals surface area contributed by atoms with Crippen molar-refractivity contribution in [1.29, 1.82) is 0 Å². The fraction of sp³-hybridized carbons (Fsp3) is 0.429. The van der Waals surface area contributed by atoms with Gasteiger partial charge in [-0.3, -0.25) is 4.99 Å². The van der Waals surface area contributed by atoms with Crippen LogP contribution < -0.4 is 0 Å². The summed E-state index contributed by atoms with van der Waals surface area (Å²) in [6.45, 7) is 0.503. The standard InChI is InChI=1S/C7H8N2O2/c10-7(11)6-2-1-5-3-8-4-9(5)6/h1,3,6H,2,4H2,(H,10,11). The van der Waals surface area contributed by atoms with Gasteiger partial charge in [0.25, 0.3) is 0 Å². The normalized spacial score (nSPS) is 27.1. The van der Waals surface area contributed by atoms with Crippen molar-refractivity contribution in [2.45, 2.75) is 12.5 Å². The summed E-state index contributed by atoms with van der Waals surface area (Å²) in [4.78, 5) is 16.4. The first-order valence-corrected chi connectivity index (χ1v) is 3.48. The highest BCUT2D eigenvalue weighted by molar-refractivity contribution is 5.84. The molecule has 0 saturated carbocycles. The first-order valence-electron chi connectivity index (χ1n) is 3.48. The number of hydrogen-bond donors (Lipinski definition) is 1. The van der Waals surface area contributed by atoms with Crippen LogP contribution >= 0.6 is 0 Å². The molecule has 1 unspecified atom stereocenters. The monoisotopic (exact) mass is 152 g/mol. The van der Waals surface area contributed by atoms with Gasteiger partial charge in [0, 0.05) is 6.21 Å². The van der Waals surface area contributed by atoms with Crippen LogP contribution in [0.5, 0.6) is 0 Å². The Labute approximate surface area is 63.8 Å². The van der Waals surface area contributed by atoms with Crippen LogP contribution in [0.15, 0.2) is 16.8 Å². The summed E-state index contributed by atoms with van der Waals surface area (Å²) in [6.07, 6.45) is 4.24. The highest BCUT2D eigenvalue weighted by Gasteiger charge is 2.32. The van der Waals surface area contributed by atoms with Gasteiger partial charge in [0.15, 0.2) is 0 Å². The summed E-state index contributed by atoms with van der Waals surface area (Å²) >= 11 is 0. The molecule has 0 fully saturated rings. The van der Waals surface area contributed by atoms with E-state index in [9.17, 15) is 4.79 Å². The number of carbonyl (C=O) groups is 1. The fourth-order valence-corrected chi connectivity index (χ4v) is 1.42. The second kappa shape index (κ2) is 2.08. The lowest BCUT2D eigenvalue weighted by Crippen LogP contribution is -2.34. The minimum Gasteiger partial charge on any atom is -0.480 e. The maximum atomic E-state index is 10.6. The van der Waals surface area contributed by atoms with Gasteiger partial charge in [0.05, 0.1) is 5.70 Å². The van der Waals surface area contributed by atoms with E-state index in [1.54, 1.807) is 11.1 Å². The van der Waals surface area contributed by atoms with Gasteiger partial charge in [0.2, 0.25) is 0 Å². The second-order valence-electron chi connectivity index (χ2n) is 2.64. The van der Waals surface area contributed by atoms with Gasteiger partial charge in [-0.2, -0.15) is 0 Å². The first kappa shape index (κ1) is 6.39. The van der Waals surface area contributed by atoms with Crippen molar-refractivity contribution < 1.29 is 9.90 Å². The van der Waals surface area contributed by atoms with Gasteiger partial charge < -0.3 is 10.0 Å². The average Bonchev–Trinajstić information content (AvgIpc) is 2.41. The molecular formula is C7H8N2O2. The van der Waals surface area contributed by atoms with E-state index in [1.807, 2.05) is 6.08 Å². The largest absolute Gasteiger partial charge is 0.480 e. The maximum absolute atomic E-state index is 10.6. The number of carboxylic acids is 1. The molecule has 1 atom stereocenters. The van der Waals surface area contributed by atoms with E-state index < -0.39 is 5.97 Å². The number of allylic oxidation sites excluding steroid dienone is 1. The SMILES string of the molecule is O=C(O)C1CC=C2C=NCN21. The second-order valence-corrected chi connectivity index (χ2v) is 2.64. The predicted octanol–water partition coefficient (Wildman–Crippen LogP) is 0.0711. The zero-order valence-corrected chi connectivity index (χ0v) is 5.90. The van der Waals surface area contributed by atoms with E-state index >= 15 is 0 Å². The highest BCUT2D eigenvalue weighted by Crippen LogP contribution is 2.23. The van der Waals surface area contributed by atoms with Crippen LogP contribution in [0, 0.1) is 0 Å². The Morgan fingerprint density at radius 1 is 1.82 bits per heavy atom. The number of aliphatic carboxylic acids is 1. The van der Waals surface area contributed by atoms with E-state index in [1.165, 1.54) is 0 Å². The summed E-state index contributed by atoms with van der Waals surface area (Å²) in [5.41, 5.74) is 0.956. The molecule has 2 heterocycles. The molecule has 2 rings (SSSR count). The van der Waals surface area contributed by atoms with Gasteiger partial charge in [0.1, 0.15) is 12.7 Å². The van der Waals surface area contributed by atoms with Crippen LogP contribution in [0.25, 0.3) is 0 Å². The van der Waals surface area contributed by atoms with Gasteiger partial charge in [-0.05, 0) is 6.42 Å². The summed E-state index contributed by atoms with van der Waals surface area (Å²) in [5.74, 6) is -0.762. The maximum Gasteiger partial charge on any atom is 0.326 e. The predicted molar refractivity (Wildman–Crippen MR) is 39.3 cm³/mol. The Hall–Kier alpha value is -1.32. The zero-order chi connectivity index (χ0) is 7.84. The molecule has 0 aromatic carbocycles. The van der Waals surface area contributed by atoms with Gasteiger partial charge >= 0.3 is 5.97 Å². The quantitative estimate of drug-likeness (QED) is 0.578. The van der Waals surface area contributed by atoms with Crippen molar-refractivity contribution in [3.63, 3.8) is 0 Å².